The maximum absolute atomic E-state index is 5.52. The summed E-state index contributed by atoms with van der Waals surface area (Å²) in [5.41, 5.74) is 0. The molecule has 0 aliphatic carbocycles. The Morgan fingerprint density at radius 1 is 1.30 bits per heavy atom. The molecule has 2 rings (SSSR count). The Balaban J connectivity index is 0.000000500. The van der Waals surface area contributed by atoms with Gasteiger partial charge in [-0.2, -0.15) is 0 Å². The second kappa shape index (κ2) is 3.56. The van der Waals surface area contributed by atoms with Crippen molar-refractivity contribution in [3.63, 3.8) is 0 Å². The summed E-state index contributed by atoms with van der Waals surface area (Å²) in [7, 11) is 0. The Kier molecular flexibility index (Phi) is 2.96. The van der Waals surface area contributed by atoms with E-state index >= 15 is 0 Å². The first-order chi connectivity index (χ1) is 4.47. The monoisotopic (exact) mass is 163 g/mol. The molecule has 0 aromatic carbocycles. The predicted octanol–water partition coefficient (Wildman–Crippen LogP) is 0.807. The van der Waals surface area contributed by atoms with Crippen LogP contribution in [0.4, 0.5) is 0 Å². The molecular formula is C7H14ClNO. The van der Waals surface area contributed by atoms with E-state index in [1.54, 1.807) is 0 Å². The average Bonchev–Trinajstić information content (AvgIpc) is 2.11. The fraction of sp³-hybridized carbons (Fsp3) is 1.00. The van der Waals surface area contributed by atoms with Crippen LogP contribution in [0.5, 0.6) is 0 Å². The van der Waals surface area contributed by atoms with Crippen LogP contribution in [0, 0.1) is 5.92 Å². The van der Waals surface area contributed by atoms with Crippen molar-refractivity contribution < 1.29 is 4.74 Å². The average molecular weight is 164 g/mol. The van der Waals surface area contributed by atoms with Gasteiger partial charge in [0.25, 0.3) is 0 Å². The molecule has 2 aliphatic rings. The summed E-state index contributed by atoms with van der Waals surface area (Å²) >= 11 is 0. The fourth-order valence-electron chi connectivity index (χ4n) is 1.55. The van der Waals surface area contributed by atoms with E-state index in [1.807, 2.05) is 0 Å². The lowest BCUT2D eigenvalue weighted by atomic mass is 9.95. The lowest BCUT2D eigenvalue weighted by Gasteiger charge is -2.31. The topological polar surface area (TPSA) is 21.3 Å². The first-order valence-electron chi connectivity index (χ1n) is 3.79. The molecule has 2 fully saturated rings. The third-order valence-electron chi connectivity index (χ3n) is 2.30. The maximum Gasteiger partial charge on any atom is 0.0628 e. The second-order valence-electron chi connectivity index (χ2n) is 2.97. The highest BCUT2D eigenvalue weighted by atomic mass is 35.5. The zero-order valence-corrected chi connectivity index (χ0v) is 6.82. The zero-order valence-electron chi connectivity index (χ0n) is 6.01. The molecule has 0 spiro atoms. The summed E-state index contributed by atoms with van der Waals surface area (Å²) in [6.45, 7) is 3.37. The van der Waals surface area contributed by atoms with Gasteiger partial charge in [0.1, 0.15) is 0 Å². The summed E-state index contributed by atoms with van der Waals surface area (Å²) < 4.78 is 5.52. The summed E-state index contributed by atoms with van der Waals surface area (Å²) in [6, 6.07) is 0. The van der Waals surface area contributed by atoms with E-state index < -0.39 is 0 Å². The highest BCUT2D eigenvalue weighted by Gasteiger charge is 2.29. The highest BCUT2D eigenvalue weighted by Crippen LogP contribution is 2.22. The molecule has 2 heterocycles. The molecule has 0 amide bonds. The van der Waals surface area contributed by atoms with Gasteiger partial charge in [-0.25, -0.2) is 0 Å². The van der Waals surface area contributed by atoms with E-state index in [-0.39, 0.29) is 12.4 Å². The largest absolute Gasteiger partial charge is 0.378 e. The molecule has 1 atom stereocenters. The van der Waals surface area contributed by atoms with Crippen molar-refractivity contribution in [1.29, 1.82) is 0 Å². The Morgan fingerprint density at radius 3 is 2.50 bits per heavy atom. The van der Waals surface area contributed by atoms with E-state index in [9.17, 15) is 0 Å². The molecule has 0 aromatic heterocycles. The Bertz CT molecular complexity index is 99.8. The number of halogens is 1. The van der Waals surface area contributed by atoms with E-state index in [0.29, 0.717) is 6.10 Å². The van der Waals surface area contributed by atoms with Gasteiger partial charge in [-0.15, -0.1) is 12.4 Å². The Labute approximate surface area is 67.7 Å². The van der Waals surface area contributed by atoms with E-state index in [4.69, 9.17) is 4.74 Å². The van der Waals surface area contributed by atoms with Crippen molar-refractivity contribution in [3.8, 4) is 0 Å². The molecule has 2 nitrogen and oxygen atoms in total. The van der Waals surface area contributed by atoms with Crippen LogP contribution in [0.1, 0.15) is 12.8 Å². The van der Waals surface area contributed by atoms with Crippen molar-refractivity contribution in [2.45, 2.75) is 18.9 Å². The van der Waals surface area contributed by atoms with Gasteiger partial charge in [0, 0.05) is 25.6 Å². The van der Waals surface area contributed by atoms with Gasteiger partial charge in [0.2, 0.25) is 0 Å². The van der Waals surface area contributed by atoms with Crippen LogP contribution in [0.15, 0.2) is 0 Å². The van der Waals surface area contributed by atoms with Crippen LogP contribution in [0.2, 0.25) is 0 Å². The van der Waals surface area contributed by atoms with E-state index in [2.05, 4.69) is 5.32 Å². The van der Waals surface area contributed by atoms with Crippen molar-refractivity contribution in [2.24, 2.45) is 5.92 Å². The van der Waals surface area contributed by atoms with Crippen LogP contribution in [-0.2, 0) is 4.74 Å². The Hall–Kier alpha value is 0.210. The highest BCUT2D eigenvalue weighted by molar-refractivity contribution is 5.85. The minimum Gasteiger partial charge on any atom is -0.378 e. The fourth-order valence-corrected chi connectivity index (χ4v) is 1.55. The summed E-state index contributed by atoms with van der Waals surface area (Å²) in [5, 5.41) is 3.26. The molecule has 2 aliphatic heterocycles. The summed E-state index contributed by atoms with van der Waals surface area (Å²) in [5.74, 6) is 0.840. The van der Waals surface area contributed by atoms with Crippen LogP contribution in [0.25, 0.3) is 0 Å². The molecular weight excluding hydrogens is 150 g/mol. The lowest BCUT2D eigenvalue weighted by Crippen LogP contribution is -2.48. The molecule has 2 saturated heterocycles. The summed E-state index contributed by atoms with van der Waals surface area (Å²) in [6.07, 6.45) is 3.18. The molecule has 60 valence electrons. The third kappa shape index (κ3) is 1.44. The van der Waals surface area contributed by atoms with Crippen molar-refractivity contribution >= 4 is 12.4 Å². The third-order valence-corrected chi connectivity index (χ3v) is 2.30. The van der Waals surface area contributed by atoms with E-state index in [1.165, 1.54) is 25.9 Å². The number of rotatable bonds is 1. The lowest BCUT2D eigenvalue weighted by molar-refractivity contribution is 0.0418. The van der Waals surface area contributed by atoms with Gasteiger partial charge in [-0.05, 0) is 12.8 Å². The molecule has 0 aromatic rings. The maximum atomic E-state index is 5.52. The molecule has 3 heteroatoms. The van der Waals surface area contributed by atoms with Crippen molar-refractivity contribution in [3.05, 3.63) is 0 Å². The van der Waals surface area contributed by atoms with Gasteiger partial charge >= 0.3 is 0 Å². The molecule has 0 saturated carbocycles. The standard InChI is InChI=1S/C7H13NO.ClH/c1-2-7(9-3-1)6-4-8-5-6;/h6-8H,1-5H2;1H. The van der Waals surface area contributed by atoms with Crippen LogP contribution < -0.4 is 5.32 Å². The van der Waals surface area contributed by atoms with Gasteiger partial charge in [0.15, 0.2) is 0 Å². The van der Waals surface area contributed by atoms with Gasteiger partial charge in [-0.3, -0.25) is 0 Å². The van der Waals surface area contributed by atoms with Crippen LogP contribution in [-0.4, -0.2) is 25.8 Å². The Morgan fingerprint density at radius 2 is 2.10 bits per heavy atom. The first kappa shape index (κ1) is 8.31. The van der Waals surface area contributed by atoms with E-state index in [0.717, 1.165) is 12.5 Å². The normalized spacial score (nSPS) is 33.0. The smallest absolute Gasteiger partial charge is 0.0628 e. The quantitative estimate of drug-likeness (QED) is 0.618. The van der Waals surface area contributed by atoms with Gasteiger partial charge < -0.3 is 10.1 Å². The van der Waals surface area contributed by atoms with Gasteiger partial charge in [-0.1, -0.05) is 0 Å². The molecule has 10 heavy (non-hydrogen) atoms. The predicted molar refractivity (Wildman–Crippen MR) is 42.6 cm³/mol. The van der Waals surface area contributed by atoms with Crippen LogP contribution >= 0.6 is 12.4 Å². The number of hydrogen-bond acceptors (Lipinski definition) is 2. The zero-order chi connectivity index (χ0) is 6.10. The first-order valence-corrected chi connectivity index (χ1v) is 3.79. The SMILES string of the molecule is C1COC(C2CNC2)C1.Cl. The number of nitrogens with one attached hydrogen (secondary N) is 1. The molecule has 0 radical (unpaired) electrons. The molecule has 1 unspecified atom stereocenters. The molecule has 0 bridgehead atoms. The second-order valence-corrected chi connectivity index (χ2v) is 2.97. The minimum absolute atomic E-state index is 0. The number of ether oxygens (including phenoxy) is 1. The summed E-state index contributed by atoms with van der Waals surface area (Å²) in [4.78, 5) is 0. The number of hydrogen-bond donors (Lipinski definition) is 1. The van der Waals surface area contributed by atoms with Gasteiger partial charge in [0.05, 0.1) is 6.10 Å². The van der Waals surface area contributed by atoms with Crippen molar-refractivity contribution in [1.82, 2.24) is 5.32 Å². The van der Waals surface area contributed by atoms with Crippen molar-refractivity contribution in [2.75, 3.05) is 19.7 Å². The van der Waals surface area contributed by atoms with Crippen LogP contribution in [0.3, 0.4) is 0 Å². The minimum atomic E-state index is 0. The molecule has 1 N–H and O–H groups in total.